The van der Waals surface area contributed by atoms with Gasteiger partial charge in [-0.1, -0.05) is 35.6 Å². The molecule has 31 heavy (non-hydrogen) atoms. The van der Waals surface area contributed by atoms with Gasteiger partial charge in [-0.2, -0.15) is 0 Å². The van der Waals surface area contributed by atoms with Crippen molar-refractivity contribution < 1.29 is 4.79 Å². The summed E-state index contributed by atoms with van der Waals surface area (Å²) in [4.78, 5) is 28.5. The van der Waals surface area contributed by atoms with Crippen LogP contribution in [0.5, 0.6) is 0 Å². The molecule has 3 aliphatic rings. The van der Waals surface area contributed by atoms with Crippen molar-refractivity contribution in [3.63, 3.8) is 0 Å². The molecule has 3 heterocycles. The smallest absolute Gasteiger partial charge is 0.308 e. The maximum atomic E-state index is 13.1. The van der Waals surface area contributed by atoms with Crippen LogP contribution in [0.4, 0.5) is 5.69 Å². The molecule has 2 fully saturated rings. The number of aromatic nitrogens is 1. The van der Waals surface area contributed by atoms with Crippen molar-refractivity contribution >= 4 is 46.0 Å². The SMILES string of the molecule is Cc1ccccc1NC(=O)Cn1c2c(sc1=O)C(c1cccs1)C1C3CCC(C3)C1S2. The van der Waals surface area contributed by atoms with E-state index in [2.05, 4.69) is 22.8 Å². The Morgan fingerprint density at radius 1 is 1.16 bits per heavy atom. The Balaban J connectivity index is 1.36. The predicted octanol–water partition coefficient (Wildman–Crippen LogP) is 5.57. The molecule has 0 saturated heterocycles. The third-order valence-electron chi connectivity index (χ3n) is 7.26. The molecule has 5 unspecified atom stereocenters. The lowest BCUT2D eigenvalue weighted by molar-refractivity contribution is -0.116. The highest BCUT2D eigenvalue weighted by Gasteiger charge is 2.55. The molecule has 1 amide bonds. The van der Waals surface area contributed by atoms with Crippen molar-refractivity contribution in [2.75, 3.05) is 5.32 Å². The first kappa shape index (κ1) is 19.8. The van der Waals surface area contributed by atoms with Crippen molar-refractivity contribution in [1.82, 2.24) is 4.57 Å². The summed E-state index contributed by atoms with van der Waals surface area (Å²) in [7, 11) is 0. The van der Waals surface area contributed by atoms with Crippen molar-refractivity contribution in [3.05, 3.63) is 66.8 Å². The second-order valence-electron chi connectivity index (χ2n) is 8.97. The summed E-state index contributed by atoms with van der Waals surface area (Å²) in [6.45, 7) is 2.06. The molecule has 5 atom stereocenters. The van der Waals surface area contributed by atoms with Gasteiger partial charge in [0.1, 0.15) is 6.54 Å². The number of aryl methyl sites for hydroxylation is 1. The molecule has 1 aromatic carbocycles. The van der Waals surface area contributed by atoms with Crippen molar-refractivity contribution in [2.24, 2.45) is 17.8 Å². The van der Waals surface area contributed by atoms with Gasteiger partial charge in [-0.3, -0.25) is 14.2 Å². The van der Waals surface area contributed by atoms with Gasteiger partial charge in [-0.25, -0.2) is 0 Å². The highest BCUT2D eigenvalue weighted by molar-refractivity contribution is 8.00. The Labute approximate surface area is 193 Å². The molecule has 6 rings (SSSR count). The van der Waals surface area contributed by atoms with Gasteiger partial charge in [0.15, 0.2) is 0 Å². The Morgan fingerprint density at radius 3 is 2.81 bits per heavy atom. The number of anilines is 1. The maximum Gasteiger partial charge on any atom is 0.308 e. The van der Waals surface area contributed by atoms with E-state index in [1.807, 2.05) is 54.3 Å². The van der Waals surface area contributed by atoms with Gasteiger partial charge in [0.2, 0.25) is 5.91 Å². The lowest BCUT2D eigenvalue weighted by Crippen LogP contribution is -2.34. The van der Waals surface area contributed by atoms with E-state index in [0.717, 1.165) is 28.1 Å². The van der Waals surface area contributed by atoms with Crippen LogP contribution in [0.1, 0.15) is 40.5 Å². The minimum Gasteiger partial charge on any atom is -0.324 e. The van der Waals surface area contributed by atoms with E-state index < -0.39 is 0 Å². The van der Waals surface area contributed by atoms with Crippen LogP contribution in [0.2, 0.25) is 0 Å². The summed E-state index contributed by atoms with van der Waals surface area (Å²) in [5, 5.41) is 6.75. The predicted molar refractivity (Wildman–Crippen MR) is 129 cm³/mol. The van der Waals surface area contributed by atoms with Gasteiger partial charge in [-0.15, -0.1) is 23.1 Å². The fraction of sp³-hybridized carbons (Fsp3) is 0.417. The van der Waals surface area contributed by atoms with Gasteiger partial charge < -0.3 is 5.32 Å². The number of thiophene rings is 1. The van der Waals surface area contributed by atoms with Crippen LogP contribution >= 0.6 is 34.4 Å². The standard InChI is InChI=1S/C24H24N2O2S3/c1-13-5-2-3-6-16(13)25-18(27)12-26-23-22(31-24(26)28)20(17-7-4-10-29-17)19-14-8-9-15(11-14)21(19)30-23/h2-7,10,14-15,19-21H,8-9,11-12H2,1H3,(H,25,27). The van der Waals surface area contributed by atoms with E-state index in [1.165, 1.54) is 40.4 Å². The zero-order valence-corrected chi connectivity index (χ0v) is 19.7. The second kappa shape index (κ2) is 7.64. The molecule has 4 nitrogen and oxygen atoms in total. The summed E-state index contributed by atoms with van der Waals surface area (Å²) >= 11 is 5.06. The first-order valence-corrected chi connectivity index (χ1v) is 13.5. The topological polar surface area (TPSA) is 51.1 Å². The minimum atomic E-state index is -0.139. The molecule has 0 spiro atoms. The molecule has 1 aliphatic heterocycles. The Kier molecular flexibility index (Phi) is 4.89. The van der Waals surface area contributed by atoms with E-state index in [1.54, 1.807) is 4.57 Å². The molecule has 1 N–H and O–H groups in total. The largest absolute Gasteiger partial charge is 0.324 e. The minimum absolute atomic E-state index is 0.00805. The highest BCUT2D eigenvalue weighted by Crippen LogP contribution is 2.64. The third kappa shape index (κ3) is 3.24. The van der Waals surface area contributed by atoms with Crippen LogP contribution in [0.25, 0.3) is 0 Å². The average Bonchev–Trinajstić information content (AvgIpc) is 3.54. The maximum absolute atomic E-state index is 13.1. The molecule has 160 valence electrons. The number of thioether (sulfide) groups is 1. The lowest BCUT2D eigenvalue weighted by Gasteiger charge is -2.40. The number of carbonyl (C=O) groups is 1. The number of carbonyl (C=O) groups excluding carboxylic acids is 1. The number of hydrogen-bond acceptors (Lipinski definition) is 5. The van der Waals surface area contributed by atoms with Crippen molar-refractivity contribution in [1.29, 1.82) is 0 Å². The molecule has 2 saturated carbocycles. The summed E-state index contributed by atoms with van der Waals surface area (Å²) in [5.74, 6) is 2.33. The summed E-state index contributed by atoms with van der Waals surface area (Å²) in [6, 6.07) is 12.1. The van der Waals surface area contributed by atoms with Gasteiger partial charge in [-0.05, 0) is 67.0 Å². The van der Waals surface area contributed by atoms with E-state index >= 15 is 0 Å². The van der Waals surface area contributed by atoms with Crippen LogP contribution in [-0.2, 0) is 11.3 Å². The summed E-state index contributed by atoms with van der Waals surface area (Å²) in [6.07, 6.45) is 3.97. The van der Waals surface area contributed by atoms with Gasteiger partial charge >= 0.3 is 4.87 Å². The number of nitrogens with zero attached hydrogens (tertiary/aromatic N) is 1. The van der Waals surface area contributed by atoms with Crippen molar-refractivity contribution in [2.45, 2.75) is 48.9 Å². The monoisotopic (exact) mass is 468 g/mol. The molecule has 2 bridgehead atoms. The van der Waals surface area contributed by atoms with Gasteiger partial charge in [0.25, 0.3) is 0 Å². The first-order valence-electron chi connectivity index (χ1n) is 10.9. The zero-order valence-electron chi connectivity index (χ0n) is 17.2. The number of rotatable bonds is 4. The van der Waals surface area contributed by atoms with E-state index in [-0.39, 0.29) is 17.3 Å². The van der Waals surface area contributed by atoms with Gasteiger partial charge in [0.05, 0.1) is 5.03 Å². The number of hydrogen-bond donors (Lipinski definition) is 1. The third-order valence-corrected chi connectivity index (χ3v) is 11.0. The molecule has 2 aliphatic carbocycles. The van der Waals surface area contributed by atoms with E-state index in [9.17, 15) is 9.59 Å². The average molecular weight is 469 g/mol. The molecular weight excluding hydrogens is 444 g/mol. The van der Waals surface area contributed by atoms with Crippen molar-refractivity contribution in [3.8, 4) is 0 Å². The second-order valence-corrected chi connectivity index (χ2v) is 12.1. The molecule has 7 heteroatoms. The number of nitrogens with one attached hydrogen (secondary N) is 1. The lowest BCUT2D eigenvalue weighted by atomic mass is 9.77. The number of benzene rings is 1. The fourth-order valence-corrected chi connectivity index (χ4v) is 10.0. The van der Waals surface area contributed by atoms with E-state index in [0.29, 0.717) is 17.1 Å². The summed E-state index contributed by atoms with van der Waals surface area (Å²) in [5.41, 5.74) is 1.83. The molecule has 3 aromatic rings. The fourth-order valence-electron chi connectivity index (χ4n) is 5.92. The number of para-hydroxylation sites is 1. The zero-order chi connectivity index (χ0) is 21.1. The number of thiazole rings is 1. The first-order chi connectivity index (χ1) is 15.1. The number of amides is 1. The molecular formula is C24H24N2O2S3. The van der Waals surface area contributed by atoms with Crippen LogP contribution in [0, 0.1) is 24.7 Å². The van der Waals surface area contributed by atoms with Crippen LogP contribution in [0.3, 0.4) is 0 Å². The molecule has 2 aromatic heterocycles. The van der Waals surface area contributed by atoms with Crippen LogP contribution < -0.4 is 10.2 Å². The van der Waals surface area contributed by atoms with E-state index in [4.69, 9.17) is 0 Å². The van der Waals surface area contributed by atoms with Gasteiger partial charge in [0, 0.05) is 26.6 Å². The quantitative estimate of drug-likeness (QED) is 0.545. The van der Waals surface area contributed by atoms with Crippen LogP contribution in [0.15, 0.2) is 51.6 Å². The van der Waals surface area contributed by atoms with Crippen LogP contribution in [-0.4, -0.2) is 15.7 Å². The number of fused-ring (bicyclic) bond motifs is 6. The Bertz CT molecular complexity index is 1200. The Morgan fingerprint density at radius 2 is 2.00 bits per heavy atom. The Hall–Kier alpha value is -1.83. The summed E-state index contributed by atoms with van der Waals surface area (Å²) < 4.78 is 1.74. The molecule has 0 radical (unpaired) electrons. The highest BCUT2D eigenvalue weighted by atomic mass is 32.2. The normalized spacial score (nSPS) is 28.4.